The highest BCUT2D eigenvalue weighted by atomic mass is 35.5. The van der Waals surface area contributed by atoms with Crippen LogP contribution in [0.3, 0.4) is 0 Å². The molecule has 2 aromatic heterocycles. The first-order valence-corrected chi connectivity index (χ1v) is 4.32. The average molecular weight is 211 g/mol. The van der Waals surface area contributed by atoms with Crippen LogP contribution in [0.15, 0.2) is 12.3 Å². The molecule has 0 saturated heterocycles. The summed E-state index contributed by atoms with van der Waals surface area (Å²) in [4.78, 5) is 14.8. The van der Waals surface area contributed by atoms with Gasteiger partial charge < -0.3 is 5.32 Å². The lowest BCUT2D eigenvalue weighted by atomic mass is 10.3. The number of anilines is 1. The molecule has 0 saturated carbocycles. The molecule has 0 unspecified atom stereocenters. The molecule has 0 aliphatic carbocycles. The number of amides is 1. The van der Waals surface area contributed by atoms with E-state index >= 15 is 0 Å². The number of nitrogens with zero attached hydrogens (tertiary/aromatic N) is 2. The highest BCUT2D eigenvalue weighted by molar-refractivity contribution is 6.34. The quantitative estimate of drug-likeness (QED) is 0.751. The molecule has 5 nitrogen and oxygen atoms in total. The first-order valence-electron chi connectivity index (χ1n) is 3.94. The maximum atomic E-state index is 10.7. The normalized spacial score (nSPS) is 10.4. The SMILES string of the molecule is CC(=O)Nc1cc2n[nH]c(Cl)c2cn1. The second-order valence-corrected chi connectivity index (χ2v) is 3.18. The summed E-state index contributed by atoms with van der Waals surface area (Å²) in [6, 6.07) is 1.65. The van der Waals surface area contributed by atoms with Gasteiger partial charge in [0.25, 0.3) is 0 Å². The monoisotopic (exact) mass is 210 g/mol. The molecule has 0 spiro atoms. The van der Waals surface area contributed by atoms with Gasteiger partial charge in [-0.15, -0.1) is 0 Å². The summed E-state index contributed by atoms with van der Waals surface area (Å²) in [6.45, 7) is 1.42. The standard InChI is InChI=1S/C8H7ClN4O/c1-4(14)11-7-2-6-5(3-10-7)8(9)13-12-6/h2-3H,1H3,(H,12,13)(H,10,11,14). The van der Waals surface area contributed by atoms with Crippen LogP contribution in [0.1, 0.15) is 6.92 Å². The van der Waals surface area contributed by atoms with E-state index in [4.69, 9.17) is 11.6 Å². The Morgan fingerprint density at radius 2 is 2.43 bits per heavy atom. The van der Waals surface area contributed by atoms with Gasteiger partial charge in [-0.1, -0.05) is 11.6 Å². The van der Waals surface area contributed by atoms with Gasteiger partial charge in [-0.3, -0.25) is 9.89 Å². The molecule has 0 atom stereocenters. The van der Waals surface area contributed by atoms with Gasteiger partial charge in [0.1, 0.15) is 11.0 Å². The van der Waals surface area contributed by atoms with Crippen LogP contribution in [-0.4, -0.2) is 21.1 Å². The van der Waals surface area contributed by atoms with E-state index in [2.05, 4.69) is 20.5 Å². The molecule has 0 aliphatic rings. The molecule has 0 bridgehead atoms. The van der Waals surface area contributed by atoms with E-state index in [9.17, 15) is 4.79 Å². The third kappa shape index (κ3) is 1.54. The Morgan fingerprint density at radius 1 is 1.64 bits per heavy atom. The number of carbonyl (C=O) groups is 1. The molecule has 2 rings (SSSR count). The highest BCUT2D eigenvalue weighted by Crippen LogP contribution is 2.20. The van der Waals surface area contributed by atoms with E-state index in [1.165, 1.54) is 6.92 Å². The lowest BCUT2D eigenvalue weighted by molar-refractivity contribution is -0.114. The van der Waals surface area contributed by atoms with Gasteiger partial charge in [0.2, 0.25) is 5.91 Å². The van der Waals surface area contributed by atoms with Crippen LogP contribution in [0, 0.1) is 0 Å². The Kier molecular flexibility index (Phi) is 2.09. The zero-order valence-electron chi connectivity index (χ0n) is 7.34. The lowest BCUT2D eigenvalue weighted by Crippen LogP contribution is -2.06. The third-order valence-electron chi connectivity index (χ3n) is 1.70. The fourth-order valence-corrected chi connectivity index (χ4v) is 1.31. The fourth-order valence-electron chi connectivity index (χ4n) is 1.12. The minimum absolute atomic E-state index is 0.168. The number of aromatic amines is 1. The summed E-state index contributed by atoms with van der Waals surface area (Å²) in [5.74, 6) is 0.298. The number of H-pyrrole nitrogens is 1. The van der Waals surface area contributed by atoms with E-state index in [0.29, 0.717) is 16.5 Å². The first-order chi connectivity index (χ1) is 6.66. The van der Waals surface area contributed by atoms with Crippen LogP contribution in [0.2, 0.25) is 5.15 Å². The molecule has 6 heteroatoms. The predicted octanol–water partition coefficient (Wildman–Crippen LogP) is 1.57. The van der Waals surface area contributed by atoms with Gasteiger partial charge in [-0.2, -0.15) is 5.10 Å². The largest absolute Gasteiger partial charge is 0.311 e. The molecule has 2 aromatic rings. The van der Waals surface area contributed by atoms with Crippen LogP contribution >= 0.6 is 11.6 Å². The maximum absolute atomic E-state index is 10.7. The van der Waals surface area contributed by atoms with Gasteiger partial charge in [0.05, 0.1) is 10.9 Å². The van der Waals surface area contributed by atoms with E-state index < -0.39 is 0 Å². The van der Waals surface area contributed by atoms with Crippen LogP contribution in [0.25, 0.3) is 10.9 Å². The molecule has 0 fully saturated rings. The van der Waals surface area contributed by atoms with E-state index in [-0.39, 0.29) is 5.91 Å². The minimum Gasteiger partial charge on any atom is -0.311 e. The summed E-state index contributed by atoms with van der Waals surface area (Å²) in [5.41, 5.74) is 0.675. The van der Waals surface area contributed by atoms with Crippen LogP contribution in [-0.2, 0) is 4.79 Å². The number of halogens is 1. The van der Waals surface area contributed by atoms with Crippen molar-refractivity contribution < 1.29 is 4.79 Å². The maximum Gasteiger partial charge on any atom is 0.222 e. The van der Waals surface area contributed by atoms with Gasteiger partial charge in [0, 0.05) is 19.2 Å². The van der Waals surface area contributed by atoms with Crippen molar-refractivity contribution in [3.8, 4) is 0 Å². The van der Waals surface area contributed by atoms with Crippen molar-refractivity contribution >= 4 is 34.2 Å². The van der Waals surface area contributed by atoms with Crippen LogP contribution in [0.4, 0.5) is 5.82 Å². The molecular weight excluding hydrogens is 204 g/mol. The summed E-state index contributed by atoms with van der Waals surface area (Å²) >= 11 is 5.79. The number of nitrogens with one attached hydrogen (secondary N) is 2. The fraction of sp³-hybridized carbons (Fsp3) is 0.125. The summed E-state index contributed by atoms with van der Waals surface area (Å²) in [6.07, 6.45) is 1.56. The summed E-state index contributed by atoms with van der Waals surface area (Å²) in [5, 5.41) is 10.3. The van der Waals surface area contributed by atoms with Gasteiger partial charge >= 0.3 is 0 Å². The smallest absolute Gasteiger partial charge is 0.222 e. The Hall–Kier alpha value is -1.62. The number of hydrogen-bond acceptors (Lipinski definition) is 3. The zero-order chi connectivity index (χ0) is 10.1. The van der Waals surface area contributed by atoms with Crippen molar-refractivity contribution in [2.24, 2.45) is 0 Å². The second kappa shape index (κ2) is 3.26. The molecule has 2 N–H and O–H groups in total. The molecule has 72 valence electrons. The molecule has 14 heavy (non-hydrogen) atoms. The van der Waals surface area contributed by atoms with E-state index in [1.54, 1.807) is 12.3 Å². The summed E-state index contributed by atoms with van der Waals surface area (Å²) in [7, 11) is 0. The molecule has 0 radical (unpaired) electrons. The van der Waals surface area contributed by atoms with Crippen molar-refractivity contribution in [3.05, 3.63) is 17.4 Å². The Balaban J connectivity index is 2.46. The topological polar surface area (TPSA) is 70.7 Å². The van der Waals surface area contributed by atoms with Crippen molar-refractivity contribution in [2.45, 2.75) is 6.92 Å². The number of rotatable bonds is 1. The van der Waals surface area contributed by atoms with Crippen LogP contribution < -0.4 is 5.32 Å². The molecular formula is C8H7ClN4O. The Bertz CT molecular complexity index is 493. The van der Waals surface area contributed by atoms with Crippen molar-refractivity contribution in [1.29, 1.82) is 0 Å². The zero-order valence-corrected chi connectivity index (χ0v) is 8.09. The van der Waals surface area contributed by atoms with Crippen molar-refractivity contribution in [2.75, 3.05) is 5.32 Å². The number of aromatic nitrogens is 3. The number of carbonyl (C=O) groups excluding carboxylic acids is 1. The molecule has 0 aromatic carbocycles. The molecule has 0 aliphatic heterocycles. The van der Waals surface area contributed by atoms with E-state index in [1.807, 2.05) is 0 Å². The van der Waals surface area contributed by atoms with Crippen LogP contribution in [0.5, 0.6) is 0 Å². The Morgan fingerprint density at radius 3 is 3.14 bits per heavy atom. The third-order valence-corrected chi connectivity index (χ3v) is 1.99. The van der Waals surface area contributed by atoms with Gasteiger partial charge in [0.15, 0.2) is 0 Å². The Labute approximate surface area is 84.5 Å². The molecule has 1 amide bonds. The second-order valence-electron chi connectivity index (χ2n) is 2.81. The average Bonchev–Trinajstić information content (AvgIpc) is 2.46. The predicted molar refractivity (Wildman–Crippen MR) is 53.2 cm³/mol. The summed E-state index contributed by atoms with van der Waals surface area (Å²) < 4.78 is 0. The molecule has 2 heterocycles. The van der Waals surface area contributed by atoms with Crippen molar-refractivity contribution in [3.63, 3.8) is 0 Å². The first kappa shape index (κ1) is 8.96. The minimum atomic E-state index is -0.168. The lowest BCUT2D eigenvalue weighted by Gasteiger charge is -1.98. The van der Waals surface area contributed by atoms with Gasteiger partial charge in [-0.05, 0) is 0 Å². The van der Waals surface area contributed by atoms with E-state index in [0.717, 1.165) is 5.39 Å². The number of pyridine rings is 1. The number of hydrogen-bond donors (Lipinski definition) is 2. The van der Waals surface area contributed by atoms with Gasteiger partial charge in [-0.25, -0.2) is 4.98 Å². The number of fused-ring (bicyclic) bond motifs is 1. The van der Waals surface area contributed by atoms with Crippen molar-refractivity contribution in [1.82, 2.24) is 15.2 Å². The highest BCUT2D eigenvalue weighted by Gasteiger charge is 2.05.